The highest BCUT2D eigenvalue weighted by Crippen LogP contribution is 2.27. The van der Waals surface area contributed by atoms with E-state index in [-0.39, 0.29) is 0 Å². The number of nitrogens with zero attached hydrogens (tertiary/aromatic N) is 2. The molecule has 1 aromatic heterocycles. The number of rotatable bonds is 4. The Hall–Kier alpha value is -0.990. The van der Waals surface area contributed by atoms with E-state index < -0.39 is 0 Å². The molecule has 1 aliphatic carbocycles. The summed E-state index contributed by atoms with van der Waals surface area (Å²) < 4.78 is 1.98. The van der Waals surface area contributed by atoms with Crippen molar-refractivity contribution in [2.45, 2.75) is 52.0 Å². The average Bonchev–Trinajstić information content (AvgIpc) is 2.76. The molecule has 2 unspecified atom stereocenters. The highest BCUT2D eigenvalue weighted by Gasteiger charge is 2.21. The highest BCUT2D eigenvalue weighted by atomic mass is 15.3. The number of hydrogen-bond acceptors (Lipinski definition) is 2. The molecule has 2 atom stereocenters. The van der Waals surface area contributed by atoms with E-state index in [0.29, 0.717) is 6.04 Å². The van der Waals surface area contributed by atoms with Crippen LogP contribution in [0.15, 0.2) is 6.07 Å². The molecule has 16 heavy (non-hydrogen) atoms. The smallest absolute Gasteiger partial charge is 0.124 e. The molecular weight excluding hydrogens is 198 g/mol. The summed E-state index contributed by atoms with van der Waals surface area (Å²) in [5.74, 6) is 2.06. The molecule has 0 saturated heterocycles. The Morgan fingerprint density at radius 3 is 2.94 bits per heavy atom. The second kappa shape index (κ2) is 4.89. The van der Waals surface area contributed by atoms with Crippen LogP contribution >= 0.6 is 0 Å². The summed E-state index contributed by atoms with van der Waals surface area (Å²) in [6, 6.07) is 2.85. The molecule has 0 aliphatic heterocycles. The van der Waals surface area contributed by atoms with E-state index in [4.69, 9.17) is 0 Å². The zero-order valence-corrected chi connectivity index (χ0v) is 10.7. The lowest BCUT2D eigenvalue weighted by molar-refractivity contribution is 0.600. The van der Waals surface area contributed by atoms with Gasteiger partial charge in [0.1, 0.15) is 5.82 Å². The van der Waals surface area contributed by atoms with Crippen molar-refractivity contribution in [1.82, 2.24) is 9.78 Å². The van der Waals surface area contributed by atoms with Crippen molar-refractivity contribution in [3.8, 4) is 0 Å². The molecule has 1 heterocycles. The molecule has 0 aromatic carbocycles. The fourth-order valence-corrected chi connectivity index (χ4v) is 2.59. The minimum Gasteiger partial charge on any atom is -0.368 e. The van der Waals surface area contributed by atoms with Crippen molar-refractivity contribution in [2.24, 2.45) is 13.0 Å². The fraction of sp³-hybridized carbons (Fsp3) is 0.769. The topological polar surface area (TPSA) is 29.9 Å². The van der Waals surface area contributed by atoms with Crippen LogP contribution in [0.5, 0.6) is 0 Å². The first-order valence-corrected chi connectivity index (χ1v) is 6.48. The summed E-state index contributed by atoms with van der Waals surface area (Å²) >= 11 is 0. The summed E-state index contributed by atoms with van der Waals surface area (Å²) in [5.41, 5.74) is 1.21. The van der Waals surface area contributed by atoms with Crippen LogP contribution in [0.3, 0.4) is 0 Å². The molecule has 3 heteroatoms. The third-order valence-corrected chi connectivity index (χ3v) is 3.48. The summed E-state index contributed by atoms with van der Waals surface area (Å²) in [6.07, 6.45) is 6.20. The number of nitrogens with one attached hydrogen (secondary N) is 1. The molecule has 1 aromatic rings. The van der Waals surface area contributed by atoms with Gasteiger partial charge in [0.05, 0.1) is 5.69 Å². The zero-order chi connectivity index (χ0) is 11.5. The summed E-state index contributed by atoms with van der Waals surface area (Å²) in [7, 11) is 2.03. The maximum absolute atomic E-state index is 4.52. The van der Waals surface area contributed by atoms with Gasteiger partial charge in [0, 0.05) is 19.2 Å². The van der Waals surface area contributed by atoms with Crippen molar-refractivity contribution >= 4 is 5.82 Å². The molecule has 2 rings (SSSR count). The van der Waals surface area contributed by atoms with Gasteiger partial charge < -0.3 is 5.32 Å². The van der Waals surface area contributed by atoms with Gasteiger partial charge in [-0.2, -0.15) is 5.10 Å². The second-order valence-electron chi connectivity index (χ2n) is 5.15. The number of anilines is 1. The van der Waals surface area contributed by atoms with E-state index in [1.807, 2.05) is 11.7 Å². The first-order chi connectivity index (χ1) is 7.69. The molecule has 1 saturated carbocycles. The molecule has 0 amide bonds. The third-order valence-electron chi connectivity index (χ3n) is 3.48. The largest absolute Gasteiger partial charge is 0.368 e. The number of aromatic nitrogens is 2. The lowest BCUT2D eigenvalue weighted by Crippen LogP contribution is -2.17. The second-order valence-corrected chi connectivity index (χ2v) is 5.15. The first kappa shape index (κ1) is 11.5. The Labute approximate surface area is 98.2 Å². The van der Waals surface area contributed by atoms with Gasteiger partial charge in [-0.25, -0.2) is 0 Å². The molecule has 1 aliphatic rings. The quantitative estimate of drug-likeness (QED) is 0.847. The summed E-state index contributed by atoms with van der Waals surface area (Å²) in [6.45, 7) is 4.54. The standard InChI is InChI=1S/C13H23N3/c1-4-5-12-9-13(16(3)15-12)14-11-7-6-10(2)8-11/h9-11,14H,4-8H2,1-3H3. The van der Waals surface area contributed by atoms with Crippen LogP contribution in [0.25, 0.3) is 0 Å². The molecule has 3 nitrogen and oxygen atoms in total. The Bertz CT molecular complexity index is 343. The fourth-order valence-electron chi connectivity index (χ4n) is 2.59. The minimum absolute atomic E-state index is 0.653. The number of aryl methyl sites for hydroxylation is 2. The van der Waals surface area contributed by atoms with Gasteiger partial charge >= 0.3 is 0 Å². The van der Waals surface area contributed by atoms with Gasteiger partial charge in [-0.15, -0.1) is 0 Å². The van der Waals surface area contributed by atoms with Crippen LogP contribution in [0.2, 0.25) is 0 Å². The van der Waals surface area contributed by atoms with Gasteiger partial charge in [-0.1, -0.05) is 20.3 Å². The molecule has 90 valence electrons. The van der Waals surface area contributed by atoms with E-state index in [1.165, 1.54) is 30.8 Å². The van der Waals surface area contributed by atoms with Gasteiger partial charge in [0.15, 0.2) is 0 Å². The van der Waals surface area contributed by atoms with Crippen molar-refractivity contribution in [1.29, 1.82) is 0 Å². The van der Waals surface area contributed by atoms with E-state index in [2.05, 4.69) is 30.3 Å². The molecule has 0 radical (unpaired) electrons. The Morgan fingerprint density at radius 2 is 2.31 bits per heavy atom. The van der Waals surface area contributed by atoms with Crippen LogP contribution in [0.4, 0.5) is 5.82 Å². The summed E-state index contributed by atoms with van der Waals surface area (Å²) in [4.78, 5) is 0. The lowest BCUT2D eigenvalue weighted by Gasteiger charge is -2.13. The SMILES string of the molecule is CCCc1cc(NC2CCC(C)C2)n(C)n1. The van der Waals surface area contributed by atoms with E-state index in [9.17, 15) is 0 Å². The molecule has 0 bridgehead atoms. The predicted octanol–water partition coefficient (Wildman–Crippen LogP) is 2.97. The summed E-state index contributed by atoms with van der Waals surface area (Å²) in [5, 5.41) is 8.13. The molecule has 0 spiro atoms. The van der Waals surface area contributed by atoms with E-state index in [0.717, 1.165) is 18.8 Å². The van der Waals surface area contributed by atoms with Crippen molar-refractivity contribution in [2.75, 3.05) is 5.32 Å². The Balaban J connectivity index is 1.98. The van der Waals surface area contributed by atoms with Crippen LogP contribution in [-0.2, 0) is 13.5 Å². The molecule has 1 fully saturated rings. The zero-order valence-electron chi connectivity index (χ0n) is 10.7. The third kappa shape index (κ3) is 2.57. The van der Waals surface area contributed by atoms with Gasteiger partial charge in [0.2, 0.25) is 0 Å². The number of hydrogen-bond donors (Lipinski definition) is 1. The molecule has 1 N–H and O–H groups in total. The average molecular weight is 221 g/mol. The monoisotopic (exact) mass is 221 g/mol. The van der Waals surface area contributed by atoms with Gasteiger partial charge in [-0.05, 0) is 31.6 Å². The van der Waals surface area contributed by atoms with Crippen LogP contribution in [0, 0.1) is 5.92 Å². The van der Waals surface area contributed by atoms with Crippen LogP contribution in [0.1, 0.15) is 45.2 Å². The molecular formula is C13H23N3. The van der Waals surface area contributed by atoms with Gasteiger partial charge in [-0.3, -0.25) is 4.68 Å². The van der Waals surface area contributed by atoms with Crippen molar-refractivity contribution < 1.29 is 0 Å². The maximum atomic E-state index is 4.52. The van der Waals surface area contributed by atoms with Crippen LogP contribution in [-0.4, -0.2) is 15.8 Å². The van der Waals surface area contributed by atoms with Gasteiger partial charge in [0.25, 0.3) is 0 Å². The normalized spacial score (nSPS) is 24.9. The van der Waals surface area contributed by atoms with Crippen molar-refractivity contribution in [3.63, 3.8) is 0 Å². The highest BCUT2D eigenvalue weighted by molar-refractivity contribution is 5.38. The van der Waals surface area contributed by atoms with Crippen LogP contribution < -0.4 is 5.32 Å². The Kier molecular flexibility index (Phi) is 3.52. The Morgan fingerprint density at radius 1 is 1.50 bits per heavy atom. The predicted molar refractivity (Wildman–Crippen MR) is 67.6 cm³/mol. The van der Waals surface area contributed by atoms with Crippen molar-refractivity contribution in [3.05, 3.63) is 11.8 Å². The maximum Gasteiger partial charge on any atom is 0.124 e. The first-order valence-electron chi connectivity index (χ1n) is 6.48. The van der Waals surface area contributed by atoms with E-state index in [1.54, 1.807) is 0 Å². The van der Waals surface area contributed by atoms with E-state index >= 15 is 0 Å². The lowest BCUT2D eigenvalue weighted by atomic mass is 10.1. The minimum atomic E-state index is 0.653.